The lowest BCUT2D eigenvalue weighted by atomic mass is 10.1. The predicted molar refractivity (Wildman–Crippen MR) is 69.5 cm³/mol. The van der Waals surface area contributed by atoms with Crippen molar-refractivity contribution in [3.63, 3.8) is 0 Å². The number of nitrogen functional groups attached to an aromatic ring is 1. The smallest absolute Gasteiger partial charge is 0.164 e. The van der Waals surface area contributed by atoms with Crippen LogP contribution in [0.5, 0.6) is 0 Å². The van der Waals surface area contributed by atoms with Gasteiger partial charge in [-0.05, 0) is 35.6 Å². The highest BCUT2D eigenvalue weighted by molar-refractivity contribution is 14.1. The van der Waals surface area contributed by atoms with Gasteiger partial charge in [0, 0.05) is 5.56 Å². The van der Waals surface area contributed by atoms with Crippen LogP contribution in [0.4, 0.5) is 14.6 Å². The number of nitrogens with zero attached hydrogens (tertiary/aromatic N) is 2. The Kier molecular flexibility index (Phi) is 3.32. The molecule has 2 N–H and O–H groups in total. The van der Waals surface area contributed by atoms with Gasteiger partial charge in [-0.25, -0.2) is 13.5 Å². The minimum atomic E-state index is -0.866. The lowest BCUT2D eigenvalue weighted by molar-refractivity contribution is 0.471. The third-order valence-electron chi connectivity index (χ3n) is 2.59. The number of halogens is 3. The topological polar surface area (TPSA) is 43.8 Å². The molecule has 0 spiro atoms. The number of hydrogen-bond donors (Lipinski definition) is 1. The zero-order valence-corrected chi connectivity index (χ0v) is 11.1. The van der Waals surface area contributed by atoms with Crippen LogP contribution >= 0.6 is 22.6 Å². The minimum Gasteiger partial charge on any atom is -0.383 e. The SMILES string of the molecule is CC(c1cccc(F)c1F)n1ncc(I)c1N. The summed E-state index contributed by atoms with van der Waals surface area (Å²) in [6, 6.07) is 3.63. The van der Waals surface area contributed by atoms with Crippen molar-refractivity contribution in [3.05, 3.63) is 45.2 Å². The third-order valence-corrected chi connectivity index (χ3v) is 3.42. The maximum Gasteiger partial charge on any atom is 0.164 e. The van der Waals surface area contributed by atoms with Gasteiger partial charge in [-0.2, -0.15) is 5.10 Å². The molecule has 1 heterocycles. The fourth-order valence-corrected chi connectivity index (χ4v) is 2.01. The van der Waals surface area contributed by atoms with Crippen molar-refractivity contribution in [3.8, 4) is 0 Å². The van der Waals surface area contributed by atoms with Crippen molar-refractivity contribution in [2.75, 3.05) is 5.73 Å². The molecule has 0 saturated heterocycles. The maximum absolute atomic E-state index is 13.6. The van der Waals surface area contributed by atoms with Gasteiger partial charge in [0.15, 0.2) is 11.6 Å². The van der Waals surface area contributed by atoms with E-state index in [2.05, 4.69) is 5.10 Å². The second-order valence-electron chi connectivity index (χ2n) is 3.64. The molecule has 0 amide bonds. The highest BCUT2D eigenvalue weighted by Gasteiger charge is 2.18. The summed E-state index contributed by atoms with van der Waals surface area (Å²) >= 11 is 2.04. The average molecular weight is 349 g/mol. The molecule has 1 unspecified atom stereocenters. The van der Waals surface area contributed by atoms with Gasteiger partial charge in [-0.1, -0.05) is 12.1 Å². The van der Waals surface area contributed by atoms with E-state index < -0.39 is 17.7 Å². The van der Waals surface area contributed by atoms with Crippen LogP contribution in [0.3, 0.4) is 0 Å². The molecule has 6 heteroatoms. The van der Waals surface area contributed by atoms with E-state index in [0.29, 0.717) is 5.82 Å². The van der Waals surface area contributed by atoms with Crippen LogP contribution in [-0.2, 0) is 0 Å². The maximum atomic E-state index is 13.6. The van der Waals surface area contributed by atoms with Gasteiger partial charge < -0.3 is 5.73 Å². The summed E-state index contributed by atoms with van der Waals surface area (Å²) in [6.07, 6.45) is 1.59. The lowest BCUT2D eigenvalue weighted by Gasteiger charge is -2.15. The van der Waals surface area contributed by atoms with E-state index in [0.717, 1.165) is 9.64 Å². The summed E-state index contributed by atoms with van der Waals surface area (Å²) in [5, 5.41) is 4.06. The van der Waals surface area contributed by atoms with E-state index in [1.54, 1.807) is 13.1 Å². The summed E-state index contributed by atoms with van der Waals surface area (Å²) < 4.78 is 29.0. The number of hydrogen-bond acceptors (Lipinski definition) is 2. The lowest BCUT2D eigenvalue weighted by Crippen LogP contribution is -2.13. The predicted octanol–water partition coefficient (Wildman–Crippen LogP) is 2.96. The van der Waals surface area contributed by atoms with Gasteiger partial charge in [-0.15, -0.1) is 0 Å². The van der Waals surface area contributed by atoms with Gasteiger partial charge in [0.2, 0.25) is 0 Å². The Bertz CT molecular complexity index is 554. The normalized spacial score (nSPS) is 12.7. The Morgan fingerprint density at radius 1 is 1.41 bits per heavy atom. The van der Waals surface area contributed by atoms with Crippen molar-refractivity contribution >= 4 is 28.4 Å². The van der Waals surface area contributed by atoms with Gasteiger partial charge in [-0.3, -0.25) is 0 Å². The highest BCUT2D eigenvalue weighted by Crippen LogP contribution is 2.26. The van der Waals surface area contributed by atoms with Crippen molar-refractivity contribution in [1.82, 2.24) is 9.78 Å². The fraction of sp³-hybridized carbons (Fsp3) is 0.182. The van der Waals surface area contributed by atoms with E-state index in [1.807, 2.05) is 22.6 Å². The quantitative estimate of drug-likeness (QED) is 0.848. The molecule has 1 aromatic carbocycles. The molecule has 1 atom stereocenters. The first kappa shape index (κ1) is 12.3. The highest BCUT2D eigenvalue weighted by atomic mass is 127. The molecule has 17 heavy (non-hydrogen) atoms. The summed E-state index contributed by atoms with van der Waals surface area (Å²) in [5.74, 6) is -1.28. The molecule has 0 saturated carbocycles. The summed E-state index contributed by atoms with van der Waals surface area (Å²) in [7, 11) is 0. The van der Waals surface area contributed by atoms with Crippen molar-refractivity contribution < 1.29 is 8.78 Å². The molecule has 90 valence electrons. The fourth-order valence-electron chi connectivity index (χ4n) is 1.63. The Labute approximate surface area is 111 Å². The molecule has 2 rings (SSSR count). The molecular formula is C11H10F2IN3. The van der Waals surface area contributed by atoms with E-state index >= 15 is 0 Å². The molecule has 0 aliphatic rings. The Balaban J connectivity index is 2.47. The second-order valence-corrected chi connectivity index (χ2v) is 4.80. The average Bonchev–Trinajstić information content (AvgIpc) is 2.63. The van der Waals surface area contributed by atoms with Crippen LogP contribution in [0.2, 0.25) is 0 Å². The number of nitrogens with two attached hydrogens (primary N) is 1. The zero-order chi connectivity index (χ0) is 12.6. The van der Waals surface area contributed by atoms with E-state index in [4.69, 9.17) is 5.73 Å². The van der Waals surface area contributed by atoms with Crippen molar-refractivity contribution in [2.45, 2.75) is 13.0 Å². The van der Waals surface area contributed by atoms with Crippen LogP contribution in [0.15, 0.2) is 24.4 Å². The summed E-state index contributed by atoms with van der Waals surface area (Å²) in [6.45, 7) is 1.72. The molecule has 3 nitrogen and oxygen atoms in total. The Morgan fingerprint density at radius 2 is 2.12 bits per heavy atom. The largest absolute Gasteiger partial charge is 0.383 e. The monoisotopic (exact) mass is 349 g/mol. The first-order valence-corrected chi connectivity index (χ1v) is 6.02. The molecule has 0 radical (unpaired) electrons. The minimum absolute atomic E-state index is 0.233. The number of anilines is 1. The van der Waals surface area contributed by atoms with Crippen molar-refractivity contribution in [1.29, 1.82) is 0 Å². The van der Waals surface area contributed by atoms with Gasteiger partial charge in [0.25, 0.3) is 0 Å². The van der Waals surface area contributed by atoms with Gasteiger partial charge >= 0.3 is 0 Å². The molecule has 0 aliphatic carbocycles. The molecule has 0 aliphatic heterocycles. The van der Waals surface area contributed by atoms with Crippen molar-refractivity contribution in [2.24, 2.45) is 0 Å². The van der Waals surface area contributed by atoms with Crippen LogP contribution in [0.1, 0.15) is 18.5 Å². The van der Waals surface area contributed by atoms with Crippen LogP contribution in [-0.4, -0.2) is 9.78 Å². The first-order valence-electron chi connectivity index (χ1n) is 4.94. The van der Waals surface area contributed by atoms with Crippen LogP contribution in [0.25, 0.3) is 0 Å². The van der Waals surface area contributed by atoms with E-state index in [1.165, 1.54) is 16.8 Å². The molecule has 2 aromatic rings. The Morgan fingerprint density at radius 3 is 2.71 bits per heavy atom. The summed E-state index contributed by atoms with van der Waals surface area (Å²) in [5.41, 5.74) is 6.04. The van der Waals surface area contributed by atoms with E-state index in [-0.39, 0.29) is 5.56 Å². The summed E-state index contributed by atoms with van der Waals surface area (Å²) in [4.78, 5) is 0. The second kappa shape index (κ2) is 4.59. The van der Waals surface area contributed by atoms with Gasteiger partial charge in [0.05, 0.1) is 15.8 Å². The van der Waals surface area contributed by atoms with Gasteiger partial charge in [0.1, 0.15) is 5.82 Å². The van der Waals surface area contributed by atoms with Crippen LogP contribution < -0.4 is 5.73 Å². The molecular weight excluding hydrogens is 339 g/mol. The zero-order valence-electron chi connectivity index (χ0n) is 8.99. The first-order chi connectivity index (χ1) is 8.02. The standard InChI is InChI=1S/C11H10F2IN3/c1-6(17-11(15)9(14)5-16-17)7-3-2-4-8(12)10(7)13/h2-6H,15H2,1H3. The van der Waals surface area contributed by atoms with E-state index in [9.17, 15) is 8.78 Å². The molecule has 0 fully saturated rings. The molecule has 1 aromatic heterocycles. The molecule has 0 bridgehead atoms. The Hall–Kier alpha value is -1.18. The third kappa shape index (κ3) is 2.13. The number of aromatic nitrogens is 2. The number of benzene rings is 1. The van der Waals surface area contributed by atoms with Crippen LogP contribution in [0, 0.1) is 15.2 Å². The number of rotatable bonds is 2.